The second-order valence-corrected chi connectivity index (χ2v) is 7.81. The average Bonchev–Trinajstić information content (AvgIpc) is 3.33. The van der Waals surface area contributed by atoms with E-state index in [0.717, 1.165) is 82.9 Å². The molecule has 1 aromatic heterocycles. The lowest BCUT2D eigenvalue weighted by molar-refractivity contribution is 0.129. The molecule has 1 aliphatic heterocycles. The number of aryl methyl sites for hydroxylation is 1. The number of aliphatic imine (C=N–C) groups is 1. The predicted octanol–water partition coefficient (Wildman–Crippen LogP) is 2.27. The van der Waals surface area contributed by atoms with Crippen molar-refractivity contribution in [2.75, 3.05) is 52.5 Å². The lowest BCUT2D eigenvalue weighted by atomic mass is 10.0. The standard InChI is InChI=1S/C20H35N5O2/c1-4-21-19(22-16-20(6-7-20)8-13-26-5-2)25-11-9-24(10-12-25)15-18-14-17(3)27-23-18/h14H,4-13,15-16H2,1-3H3,(H,21,22). The molecule has 1 N–H and O–H groups in total. The maximum Gasteiger partial charge on any atom is 0.194 e. The molecule has 1 aliphatic carbocycles. The van der Waals surface area contributed by atoms with Crippen molar-refractivity contribution < 1.29 is 9.26 Å². The fourth-order valence-corrected chi connectivity index (χ4v) is 3.60. The van der Waals surface area contributed by atoms with Crippen molar-refractivity contribution in [1.29, 1.82) is 0 Å². The number of nitrogens with one attached hydrogen (secondary N) is 1. The molecular formula is C20H35N5O2. The summed E-state index contributed by atoms with van der Waals surface area (Å²) in [4.78, 5) is 9.82. The van der Waals surface area contributed by atoms with E-state index >= 15 is 0 Å². The van der Waals surface area contributed by atoms with E-state index in [4.69, 9.17) is 14.3 Å². The molecule has 1 saturated heterocycles. The molecule has 0 amide bonds. The van der Waals surface area contributed by atoms with Crippen LogP contribution in [0.3, 0.4) is 0 Å². The summed E-state index contributed by atoms with van der Waals surface area (Å²) in [7, 11) is 0. The molecule has 2 aliphatic rings. The molecule has 2 fully saturated rings. The minimum atomic E-state index is 0.391. The summed E-state index contributed by atoms with van der Waals surface area (Å²) in [5, 5.41) is 7.60. The molecule has 0 spiro atoms. The summed E-state index contributed by atoms with van der Waals surface area (Å²) in [6, 6.07) is 2.02. The van der Waals surface area contributed by atoms with Gasteiger partial charge in [0.25, 0.3) is 0 Å². The van der Waals surface area contributed by atoms with E-state index in [-0.39, 0.29) is 0 Å². The predicted molar refractivity (Wildman–Crippen MR) is 107 cm³/mol. The quantitative estimate of drug-likeness (QED) is 0.405. The topological polar surface area (TPSA) is 66.1 Å². The van der Waals surface area contributed by atoms with Gasteiger partial charge in [0.2, 0.25) is 0 Å². The second kappa shape index (κ2) is 9.55. The van der Waals surface area contributed by atoms with Crippen LogP contribution in [0.4, 0.5) is 0 Å². The Morgan fingerprint density at radius 1 is 1.30 bits per heavy atom. The molecule has 3 rings (SSSR count). The third-order valence-electron chi connectivity index (χ3n) is 5.57. The number of guanidine groups is 1. The van der Waals surface area contributed by atoms with Crippen LogP contribution >= 0.6 is 0 Å². The molecule has 0 radical (unpaired) electrons. The lowest BCUT2D eigenvalue weighted by Crippen LogP contribution is -2.52. The number of aromatic nitrogens is 1. The van der Waals surface area contributed by atoms with Crippen LogP contribution in [0.5, 0.6) is 0 Å². The Balaban J connectivity index is 1.48. The SMILES string of the molecule is CCNC(=NCC1(CCOCC)CC1)N1CCN(Cc2cc(C)on2)CC1. The summed E-state index contributed by atoms with van der Waals surface area (Å²) >= 11 is 0. The molecule has 7 nitrogen and oxygen atoms in total. The largest absolute Gasteiger partial charge is 0.382 e. The first-order chi connectivity index (χ1) is 13.1. The van der Waals surface area contributed by atoms with Gasteiger partial charge < -0.3 is 19.5 Å². The first-order valence-electron chi connectivity index (χ1n) is 10.4. The number of hydrogen-bond donors (Lipinski definition) is 1. The van der Waals surface area contributed by atoms with Crippen LogP contribution in [0.15, 0.2) is 15.6 Å². The molecule has 7 heteroatoms. The summed E-state index contributed by atoms with van der Waals surface area (Å²) in [5.74, 6) is 1.95. The summed E-state index contributed by atoms with van der Waals surface area (Å²) in [5.41, 5.74) is 1.41. The molecule has 0 aromatic carbocycles. The summed E-state index contributed by atoms with van der Waals surface area (Å²) in [6.07, 6.45) is 3.70. The second-order valence-electron chi connectivity index (χ2n) is 7.81. The van der Waals surface area contributed by atoms with Crippen molar-refractivity contribution in [3.05, 3.63) is 17.5 Å². The van der Waals surface area contributed by atoms with Crippen LogP contribution in [-0.2, 0) is 11.3 Å². The Morgan fingerprint density at radius 2 is 2.07 bits per heavy atom. The minimum Gasteiger partial charge on any atom is -0.382 e. The first kappa shape index (κ1) is 20.1. The Morgan fingerprint density at radius 3 is 2.67 bits per heavy atom. The van der Waals surface area contributed by atoms with Crippen molar-refractivity contribution in [1.82, 2.24) is 20.3 Å². The molecule has 152 valence electrons. The Kier molecular flexibility index (Phi) is 7.13. The van der Waals surface area contributed by atoms with Crippen LogP contribution in [0.1, 0.15) is 44.6 Å². The van der Waals surface area contributed by atoms with E-state index in [9.17, 15) is 0 Å². The van der Waals surface area contributed by atoms with Crippen molar-refractivity contribution >= 4 is 5.96 Å². The molecule has 0 unspecified atom stereocenters. The highest BCUT2D eigenvalue weighted by molar-refractivity contribution is 5.80. The van der Waals surface area contributed by atoms with Gasteiger partial charge in [0.1, 0.15) is 5.76 Å². The minimum absolute atomic E-state index is 0.391. The van der Waals surface area contributed by atoms with Gasteiger partial charge in [-0.1, -0.05) is 5.16 Å². The summed E-state index contributed by atoms with van der Waals surface area (Å²) < 4.78 is 10.7. The van der Waals surface area contributed by atoms with Crippen LogP contribution in [0.25, 0.3) is 0 Å². The van der Waals surface area contributed by atoms with Gasteiger partial charge in [-0.3, -0.25) is 9.89 Å². The van der Waals surface area contributed by atoms with Crippen molar-refractivity contribution in [2.45, 2.75) is 46.6 Å². The number of piperazine rings is 1. The molecule has 0 atom stereocenters. The Hall–Kier alpha value is -1.60. The zero-order valence-corrected chi connectivity index (χ0v) is 17.2. The highest BCUT2D eigenvalue weighted by Gasteiger charge is 2.42. The number of hydrogen-bond acceptors (Lipinski definition) is 5. The van der Waals surface area contributed by atoms with Gasteiger partial charge in [-0.25, -0.2) is 0 Å². The van der Waals surface area contributed by atoms with Gasteiger partial charge in [0.05, 0.1) is 5.69 Å². The number of ether oxygens (including phenoxy) is 1. The maximum absolute atomic E-state index is 5.55. The smallest absolute Gasteiger partial charge is 0.194 e. The van der Waals surface area contributed by atoms with Gasteiger partial charge in [-0.2, -0.15) is 0 Å². The Bertz CT molecular complexity index is 603. The van der Waals surface area contributed by atoms with E-state index in [0.29, 0.717) is 5.41 Å². The van der Waals surface area contributed by atoms with Crippen LogP contribution in [0, 0.1) is 12.3 Å². The van der Waals surface area contributed by atoms with Crippen LogP contribution < -0.4 is 5.32 Å². The van der Waals surface area contributed by atoms with Gasteiger partial charge in [0.15, 0.2) is 5.96 Å². The number of nitrogens with zero attached hydrogens (tertiary/aromatic N) is 4. The van der Waals surface area contributed by atoms with E-state index in [1.165, 1.54) is 12.8 Å². The maximum atomic E-state index is 5.55. The molecule has 2 heterocycles. The fraction of sp³-hybridized carbons (Fsp3) is 0.800. The molecule has 1 aromatic rings. The van der Waals surface area contributed by atoms with Gasteiger partial charge in [0, 0.05) is 65.1 Å². The van der Waals surface area contributed by atoms with E-state index in [1.54, 1.807) is 0 Å². The van der Waals surface area contributed by atoms with Crippen molar-refractivity contribution in [3.8, 4) is 0 Å². The van der Waals surface area contributed by atoms with E-state index in [1.807, 2.05) is 13.0 Å². The van der Waals surface area contributed by atoms with Gasteiger partial charge in [-0.15, -0.1) is 0 Å². The molecular weight excluding hydrogens is 342 g/mol. The monoisotopic (exact) mass is 377 g/mol. The van der Waals surface area contributed by atoms with E-state index in [2.05, 4.69) is 34.1 Å². The third kappa shape index (κ3) is 5.94. The highest BCUT2D eigenvalue weighted by Crippen LogP contribution is 2.49. The zero-order chi connectivity index (χ0) is 19.1. The summed E-state index contributed by atoms with van der Waals surface area (Å²) in [6.45, 7) is 14.5. The first-order valence-corrected chi connectivity index (χ1v) is 10.4. The average molecular weight is 378 g/mol. The van der Waals surface area contributed by atoms with Gasteiger partial charge >= 0.3 is 0 Å². The molecule has 0 bridgehead atoms. The van der Waals surface area contributed by atoms with Crippen LogP contribution in [-0.4, -0.2) is 73.4 Å². The fourth-order valence-electron chi connectivity index (χ4n) is 3.60. The lowest BCUT2D eigenvalue weighted by Gasteiger charge is -2.36. The van der Waals surface area contributed by atoms with Crippen LogP contribution in [0.2, 0.25) is 0 Å². The van der Waals surface area contributed by atoms with E-state index < -0.39 is 0 Å². The number of rotatable bonds is 9. The Labute approximate surface area is 163 Å². The third-order valence-corrected chi connectivity index (χ3v) is 5.57. The van der Waals surface area contributed by atoms with Crippen molar-refractivity contribution in [2.24, 2.45) is 10.4 Å². The van der Waals surface area contributed by atoms with Crippen molar-refractivity contribution in [3.63, 3.8) is 0 Å². The highest BCUT2D eigenvalue weighted by atomic mass is 16.5. The van der Waals surface area contributed by atoms with Gasteiger partial charge in [-0.05, 0) is 45.4 Å². The zero-order valence-electron chi connectivity index (χ0n) is 17.2. The molecule has 1 saturated carbocycles. The normalized spacial score (nSPS) is 20.1. The molecule has 27 heavy (non-hydrogen) atoms.